The van der Waals surface area contributed by atoms with Gasteiger partial charge in [0.15, 0.2) is 11.6 Å². The molecule has 1 saturated carbocycles. The highest BCUT2D eigenvalue weighted by molar-refractivity contribution is 7.22. The van der Waals surface area contributed by atoms with Crippen molar-refractivity contribution in [3.05, 3.63) is 102 Å². The number of aromatic nitrogens is 1. The van der Waals surface area contributed by atoms with Gasteiger partial charge in [-0.2, -0.15) is 0 Å². The van der Waals surface area contributed by atoms with Crippen LogP contribution >= 0.6 is 11.3 Å². The quantitative estimate of drug-likeness (QED) is 0.214. The van der Waals surface area contributed by atoms with Gasteiger partial charge >= 0.3 is 0 Å². The molecule has 3 amide bonds. The summed E-state index contributed by atoms with van der Waals surface area (Å²) in [6.07, 6.45) is 2.10. The van der Waals surface area contributed by atoms with E-state index in [2.05, 4.69) is 4.98 Å². The summed E-state index contributed by atoms with van der Waals surface area (Å²) >= 11 is 1.39. The van der Waals surface area contributed by atoms with Gasteiger partial charge in [-0.25, -0.2) is 8.78 Å². The van der Waals surface area contributed by atoms with Crippen molar-refractivity contribution in [1.29, 1.82) is 0 Å². The van der Waals surface area contributed by atoms with Gasteiger partial charge < -0.3 is 16.2 Å². The molecular formula is C31H22F2N4O4S. The average Bonchev–Trinajstić information content (AvgIpc) is 3.68. The number of hydrogen-bond donors (Lipinski definition) is 2. The minimum atomic E-state index is -1.39. The van der Waals surface area contributed by atoms with Crippen LogP contribution in [0.5, 0.6) is 11.5 Å². The van der Waals surface area contributed by atoms with Crippen molar-refractivity contribution in [2.45, 2.75) is 12.8 Å². The maximum absolute atomic E-state index is 15.5. The summed E-state index contributed by atoms with van der Waals surface area (Å²) in [5.74, 6) is -2.90. The van der Waals surface area contributed by atoms with E-state index in [4.69, 9.17) is 16.2 Å². The van der Waals surface area contributed by atoms with Crippen LogP contribution in [0.25, 0.3) is 20.7 Å². The summed E-state index contributed by atoms with van der Waals surface area (Å²) < 4.78 is 35.8. The van der Waals surface area contributed by atoms with Gasteiger partial charge in [0, 0.05) is 34.5 Å². The number of halogens is 2. The van der Waals surface area contributed by atoms with Crippen LogP contribution in [0.3, 0.4) is 0 Å². The number of fused-ring (bicyclic) bond motifs is 1. The fourth-order valence-electron chi connectivity index (χ4n) is 4.64. The van der Waals surface area contributed by atoms with Crippen molar-refractivity contribution >= 4 is 50.6 Å². The number of primary amides is 2. The zero-order chi connectivity index (χ0) is 29.6. The third kappa shape index (κ3) is 4.83. The lowest BCUT2D eigenvalue weighted by Gasteiger charge is -2.26. The molecule has 5 aromatic rings. The molecule has 1 fully saturated rings. The maximum atomic E-state index is 15.5. The molecule has 8 nitrogen and oxygen atoms in total. The molecule has 2 heterocycles. The molecule has 11 heteroatoms. The van der Waals surface area contributed by atoms with Gasteiger partial charge in [-0.15, -0.1) is 11.3 Å². The van der Waals surface area contributed by atoms with Crippen LogP contribution in [0, 0.1) is 17.0 Å². The summed E-state index contributed by atoms with van der Waals surface area (Å²) in [7, 11) is 0. The number of nitrogens with two attached hydrogens (primary N) is 2. The molecular weight excluding hydrogens is 562 g/mol. The van der Waals surface area contributed by atoms with Gasteiger partial charge in [0.25, 0.3) is 0 Å². The molecule has 6 rings (SSSR count). The number of carbonyl (C=O) groups is 3. The largest absolute Gasteiger partial charge is 0.453 e. The zero-order valence-corrected chi connectivity index (χ0v) is 22.7. The monoisotopic (exact) mass is 584 g/mol. The normalized spacial score (nSPS) is 13.5. The molecule has 210 valence electrons. The second-order valence-electron chi connectivity index (χ2n) is 9.86. The van der Waals surface area contributed by atoms with Gasteiger partial charge in [-0.05, 0) is 73.0 Å². The second kappa shape index (κ2) is 10.3. The first-order valence-corrected chi connectivity index (χ1v) is 13.6. The number of pyridine rings is 1. The van der Waals surface area contributed by atoms with E-state index < -0.39 is 34.8 Å². The number of rotatable bonds is 8. The summed E-state index contributed by atoms with van der Waals surface area (Å²) in [4.78, 5) is 43.4. The first kappa shape index (κ1) is 27.0. The molecule has 0 spiro atoms. The molecule has 0 aliphatic heterocycles. The Hall–Kier alpha value is -5.16. The summed E-state index contributed by atoms with van der Waals surface area (Å²) in [5, 5.41) is 0. The van der Waals surface area contributed by atoms with Crippen LogP contribution in [0.4, 0.5) is 20.2 Å². The van der Waals surface area contributed by atoms with Crippen LogP contribution in [-0.4, -0.2) is 22.7 Å². The summed E-state index contributed by atoms with van der Waals surface area (Å²) in [6, 6.07) is 19.4. The molecule has 1 aliphatic rings. The van der Waals surface area contributed by atoms with Crippen LogP contribution in [-0.2, 0) is 9.59 Å². The Morgan fingerprint density at radius 3 is 2.17 bits per heavy atom. The zero-order valence-electron chi connectivity index (χ0n) is 21.8. The third-order valence-electron chi connectivity index (χ3n) is 7.14. The van der Waals surface area contributed by atoms with Crippen molar-refractivity contribution in [3.63, 3.8) is 0 Å². The maximum Gasteiger partial charge on any atom is 0.248 e. The van der Waals surface area contributed by atoms with Crippen molar-refractivity contribution < 1.29 is 27.9 Å². The Morgan fingerprint density at radius 1 is 0.857 bits per heavy atom. The Labute approximate surface area is 242 Å². The molecule has 1 aliphatic carbocycles. The minimum absolute atomic E-state index is 0.102. The highest BCUT2D eigenvalue weighted by atomic mass is 32.1. The van der Waals surface area contributed by atoms with Crippen LogP contribution in [0.1, 0.15) is 23.2 Å². The fraction of sp³-hybridized carbons (Fsp3) is 0.0968. The van der Waals surface area contributed by atoms with Crippen molar-refractivity contribution in [2.75, 3.05) is 4.90 Å². The van der Waals surface area contributed by atoms with Crippen molar-refractivity contribution in [2.24, 2.45) is 16.9 Å². The number of ether oxygens (including phenoxy) is 1. The highest BCUT2D eigenvalue weighted by Gasteiger charge is 2.57. The lowest BCUT2D eigenvalue weighted by Crippen LogP contribution is -2.41. The molecule has 0 atom stereocenters. The lowest BCUT2D eigenvalue weighted by atomic mass is 10.0. The van der Waals surface area contributed by atoms with E-state index in [-0.39, 0.29) is 30.0 Å². The summed E-state index contributed by atoms with van der Waals surface area (Å²) in [5.41, 5.74) is 11.7. The Bertz CT molecular complexity index is 1870. The first-order valence-electron chi connectivity index (χ1n) is 12.8. The van der Waals surface area contributed by atoms with Gasteiger partial charge in [-0.3, -0.25) is 24.3 Å². The average molecular weight is 585 g/mol. The molecule has 0 radical (unpaired) electrons. The second-order valence-corrected chi connectivity index (χ2v) is 10.9. The molecule has 4 N–H and O–H groups in total. The minimum Gasteiger partial charge on any atom is -0.453 e. The number of amides is 3. The van der Waals surface area contributed by atoms with Gasteiger partial charge in [0.2, 0.25) is 17.7 Å². The molecule has 42 heavy (non-hydrogen) atoms. The summed E-state index contributed by atoms with van der Waals surface area (Å²) in [6.45, 7) is 0. The predicted molar refractivity (Wildman–Crippen MR) is 154 cm³/mol. The number of benzene rings is 3. The Morgan fingerprint density at radius 2 is 1.55 bits per heavy atom. The number of nitrogens with zero attached hydrogens (tertiary/aromatic N) is 2. The third-order valence-corrected chi connectivity index (χ3v) is 8.33. The van der Waals surface area contributed by atoms with Crippen molar-refractivity contribution in [3.8, 4) is 21.9 Å². The van der Waals surface area contributed by atoms with E-state index in [0.717, 1.165) is 16.5 Å². The Kier molecular flexibility index (Phi) is 6.66. The molecule has 2 aromatic heterocycles. The van der Waals surface area contributed by atoms with E-state index in [0.29, 0.717) is 21.5 Å². The molecule has 0 unspecified atom stereocenters. The Balaban J connectivity index is 1.32. The highest BCUT2D eigenvalue weighted by Crippen LogP contribution is 2.49. The predicted octanol–water partition coefficient (Wildman–Crippen LogP) is 6.06. The van der Waals surface area contributed by atoms with Gasteiger partial charge in [0.05, 0.1) is 15.9 Å². The number of carbonyl (C=O) groups excluding carboxylic acids is 3. The fourth-order valence-corrected chi connectivity index (χ4v) is 5.72. The lowest BCUT2D eigenvalue weighted by molar-refractivity contribution is -0.133. The molecule has 0 saturated heterocycles. The van der Waals surface area contributed by atoms with E-state index in [1.807, 2.05) is 6.07 Å². The number of anilines is 2. The molecule has 0 bridgehead atoms. The van der Waals surface area contributed by atoms with Crippen LogP contribution in [0.15, 0.2) is 85.1 Å². The number of thiophene rings is 1. The SMILES string of the molecule is NC(=O)c1ccc(-c2cc3nccc(Oc4ccc(N(C(=O)C5(C(N)=O)CC5)c5ccc(F)cc5)cc4F)c3s2)cc1. The van der Waals surface area contributed by atoms with E-state index in [9.17, 15) is 18.8 Å². The van der Waals surface area contributed by atoms with Gasteiger partial charge in [-0.1, -0.05) is 12.1 Å². The smallest absolute Gasteiger partial charge is 0.248 e. The van der Waals surface area contributed by atoms with E-state index in [1.165, 1.54) is 52.6 Å². The van der Waals surface area contributed by atoms with Crippen LogP contribution < -0.4 is 21.1 Å². The topological polar surface area (TPSA) is 129 Å². The first-order chi connectivity index (χ1) is 20.2. The van der Waals surface area contributed by atoms with Crippen molar-refractivity contribution in [1.82, 2.24) is 4.98 Å². The molecule has 3 aromatic carbocycles. The number of hydrogen-bond acceptors (Lipinski definition) is 6. The van der Waals surface area contributed by atoms with E-state index in [1.54, 1.807) is 36.5 Å². The van der Waals surface area contributed by atoms with Crippen LogP contribution in [0.2, 0.25) is 0 Å². The van der Waals surface area contributed by atoms with E-state index >= 15 is 4.39 Å². The standard InChI is InChI=1S/C31H22F2N4O4S/c32-19-5-7-20(8-6-19)37(30(40)31(12-13-31)29(35)39)21-9-10-24(22(33)15-21)41-25-11-14-36-23-16-26(42-27(23)25)17-1-3-18(4-2-17)28(34)38/h1-11,14-16H,12-13H2,(H2,34,38)(H2,35,39). The van der Waals surface area contributed by atoms with Gasteiger partial charge in [0.1, 0.15) is 17.0 Å².